The van der Waals surface area contributed by atoms with Crippen molar-refractivity contribution in [2.45, 2.75) is 58.3 Å². The molecule has 17 heavy (non-hydrogen) atoms. The second-order valence-electron chi connectivity index (χ2n) is 4.19. The molecule has 0 amide bonds. The molecule has 1 unspecified atom stereocenters. The van der Waals surface area contributed by atoms with E-state index < -0.39 is 17.9 Å². The fourth-order valence-electron chi connectivity index (χ4n) is 1.69. The fraction of sp³-hybridized carbons (Fsp3) is 0.833. The average Bonchev–Trinajstić information content (AvgIpc) is 2.20. The molecule has 1 atom stereocenters. The molecular formula is C12H22NaO4. The molecule has 0 aromatic rings. The van der Waals surface area contributed by atoms with Gasteiger partial charge in [-0.3, -0.25) is 9.59 Å². The summed E-state index contributed by atoms with van der Waals surface area (Å²) < 4.78 is 0. The van der Waals surface area contributed by atoms with E-state index in [2.05, 4.69) is 6.92 Å². The van der Waals surface area contributed by atoms with Crippen molar-refractivity contribution in [1.29, 1.82) is 0 Å². The number of carboxylic acids is 2. The number of hydrogen-bond acceptors (Lipinski definition) is 2. The Morgan fingerprint density at radius 3 is 2.00 bits per heavy atom. The van der Waals surface area contributed by atoms with Crippen molar-refractivity contribution in [3.63, 3.8) is 0 Å². The van der Waals surface area contributed by atoms with Crippen LogP contribution < -0.4 is 0 Å². The van der Waals surface area contributed by atoms with E-state index in [4.69, 9.17) is 10.2 Å². The number of carbonyl (C=O) groups is 2. The van der Waals surface area contributed by atoms with Crippen molar-refractivity contribution in [2.24, 2.45) is 5.92 Å². The van der Waals surface area contributed by atoms with Gasteiger partial charge in [0.1, 0.15) is 0 Å². The molecule has 0 aromatic heterocycles. The van der Waals surface area contributed by atoms with E-state index in [-0.39, 0.29) is 36.0 Å². The van der Waals surface area contributed by atoms with Gasteiger partial charge in [0.05, 0.1) is 12.3 Å². The topological polar surface area (TPSA) is 74.6 Å². The summed E-state index contributed by atoms with van der Waals surface area (Å²) in [5.74, 6) is -2.74. The Labute approximate surface area is 125 Å². The summed E-state index contributed by atoms with van der Waals surface area (Å²) in [5, 5.41) is 17.3. The first-order valence-corrected chi connectivity index (χ1v) is 6.02. The molecule has 0 aromatic carbocycles. The molecule has 1 radical (unpaired) electrons. The third kappa shape index (κ3) is 12.2. The van der Waals surface area contributed by atoms with Crippen molar-refractivity contribution in [3.8, 4) is 0 Å². The van der Waals surface area contributed by atoms with Crippen molar-refractivity contribution >= 4 is 41.5 Å². The van der Waals surface area contributed by atoms with Gasteiger partial charge in [-0.2, -0.15) is 0 Å². The van der Waals surface area contributed by atoms with E-state index >= 15 is 0 Å². The SMILES string of the molecule is CCCCCCCCC(CC(=O)O)C(=O)O.[Na]. The molecule has 0 rings (SSSR count). The Kier molecular flexibility index (Phi) is 14.1. The maximum atomic E-state index is 10.7. The first kappa shape index (κ1) is 19.3. The fourth-order valence-corrected chi connectivity index (χ4v) is 1.69. The Balaban J connectivity index is 0. The van der Waals surface area contributed by atoms with Crippen LogP contribution in [0.5, 0.6) is 0 Å². The first-order valence-electron chi connectivity index (χ1n) is 6.02. The molecule has 95 valence electrons. The predicted molar refractivity (Wildman–Crippen MR) is 67.1 cm³/mol. The normalized spacial score (nSPS) is 11.6. The number of carboxylic acid groups (broad SMARTS) is 2. The van der Waals surface area contributed by atoms with Crippen LogP contribution in [-0.2, 0) is 9.59 Å². The van der Waals surface area contributed by atoms with E-state index in [0.717, 1.165) is 19.3 Å². The summed E-state index contributed by atoms with van der Waals surface area (Å²) in [7, 11) is 0. The Morgan fingerprint density at radius 1 is 1.00 bits per heavy atom. The Hall–Kier alpha value is -0.0600. The summed E-state index contributed by atoms with van der Waals surface area (Å²) in [6.07, 6.45) is 6.75. The monoisotopic (exact) mass is 253 g/mol. The van der Waals surface area contributed by atoms with Crippen molar-refractivity contribution in [2.75, 3.05) is 0 Å². The third-order valence-corrected chi connectivity index (χ3v) is 2.68. The van der Waals surface area contributed by atoms with Crippen LogP contribution in [0.1, 0.15) is 58.3 Å². The Bertz CT molecular complexity index is 219. The zero-order chi connectivity index (χ0) is 12.4. The standard InChI is InChI=1S/C12H22O4.Na/c1-2-3-4-5-6-7-8-10(12(15)16)9-11(13)14;/h10H,2-9H2,1H3,(H,13,14)(H,15,16);. The van der Waals surface area contributed by atoms with E-state index in [1.807, 2.05) is 0 Å². The van der Waals surface area contributed by atoms with E-state index in [9.17, 15) is 9.59 Å². The molecule has 0 aliphatic heterocycles. The van der Waals surface area contributed by atoms with Crippen LogP contribution in [0.2, 0.25) is 0 Å². The van der Waals surface area contributed by atoms with Gasteiger partial charge in [-0.1, -0.05) is 45.4 Å². The van der Waals surface area contributed by atoms with Crippen LogP contribution in [0.3, 0.4) is 0 Å². The van der Waals surface area contributed by atoms with Gasteiger partial charge < -0.3 is 10.2 Å². The van der Waals surface area contributed by atoms with Crippen LogP contribution >= 0.6 is 0 Å². The van der Waals surface area contributed by atoms with Crippen molar-refractivity contribution in [1.82, 2.24) is 0 Å². The van der Waals surface area contributed by atoms with Gasteiger partial charge in [0.25, 0.3) is 0 Å². The molecule has 0 spiro atoms. The molecule has 0 aliphatic rings. The van der Waals surface area contributed by atoms with Gasteiger partial charge in [-0.15, -0.1) is 0 Å². The summed E-state index contributed by atoms with van der Waals surface area (Å²) in [6.45, 7) is 2.15. The smallest absolute Gasteiger partial charge is 0.307 e. The molecule has 0 saturated heterocycles. The predicted octanol–water partition coefficient (Wildman–Crippen LogP) is 2.53. The first-order chi connectivity index (χ1) is 7.57. The molecule has 5 heteroatoms. The molecule has 0 bridgehead atoms. The minimum absolute atomic E-state index is 0. The van der Waals surface area contributed by atoms with Gasteiger partial charge >= 0.3 is 11.9 Å². The maximum absolute atomic E-state index is 10.7. The van der Waals surface area contributed by atoms with Crippen LogP contribution in [0.4, 0.5) is 0 Å². The van der Waals surface area contributed by atoms with Gasteiger partial charge in [0.2, 0.25) is 0 Å². The van der Waals surface area contributed by atoms with E-state index in [0.29, 0.717) is 6.42 Å². The molecule has 0 aliphatic carbocycles. The van der Waals surface area contributed by atoms with Crippen molar-refractivity contribution in [3.05, 3.63) is 0 Å². The second-order valence-corrected chi connectivity index (χ2v) is 4.19. The van der Waals surface area contributed by atoms with Crippen LogP contribution in [-0.4, -0.2) is 51.7 Å². The summed E-state index contributed by atoms with van der Waals surface area (Å²) in [4.78, 5) is 21.2. The minimum atomic E-state index is -1.03. The van der Waals surface area contributed by atoms with Gasteiger partial charge in [0, 0.05) is 29.6 Å². The molecular weight excluding hydrogens is 231 g/mol. The van der Waals surface area contributed by atoms with Crippen LogP contribution in [0.25, 0.3) is 0 Å². The average molecular weight is 253 g/mol. The number of rotatable bonds is 10. The van der Waals surface area contributed by atoms with Crippen molar-refractivity contribution < 1.29 is 19.8 Å². The van der Waals surface area contributed by atoms with E-state index in [1.165, 1.54) is 19.3 Å². The van der Waals surface area contributed by atoms with Crippen LogP contribution in [0, 0.1) is 5.92 Å². The third-order valence-electron chi connectivity index (χ3n) is 2.68. The number of unbranched alkanes of at least 4 members (excludes halogenated alkanes) is 5. The molecule has 0 saturated carbocycles. The van der Waals surface area contributed by atoms with Gasteiger partial charge in [-0.25, -0.2) is 0 Å². The van der Waals surface area contributed by atoms with E-state index in [1.54, 1.807) is 0 Å². The quantitative estimate of drug-likeness (QED) is 0.463. The number of hydrogen-bond donors (Lipinski definition) is 2. The summed E-state index contributed by atoms with van der Waals surface area (Å²) in [6, 6.07) is 0. The zero-order valence-electron chi connectivity index (χ0n) is 10.9. The Morgan fingerprint density at radius 2 is 1.53 bits per heavy atom. The molecule has 0 heterocycles. The number of aliphatic carboxylic acids is 2. The van der Waals surface area contributed by atoms with Crippen LogP contribution in [0.15, 0.2) is 0 Å². The largest absolute Gasteiger partial charge is 0.481 e. The second kappa shape index (κ2) is 12.4. The zero-order valence-corrected chi connectivity index (χ0v) is 12.9. The molecule has 0 fully saturated rings. The summed E-state index contributed by atoms with van der Waals surface area (Å²) in [5.41, 5.74) is 0. The summed E-state index contributed by atoms with van der Waals surface area (Å²) >= 11 is 0. The molecule has 2 N–H and O–H groups in total. The minimum Gasteiger partial charge on any atom is -0.481 e. The van der Waals surface area contributed by atoms with Gasteiger partial charge in [-0.05, 0) is 6.42 Å². The maximum Gasteiger partial charge on any atom is 0.307 e. The molecule has 4 nitrogen and oxygen atoms in total. The van der Waals surface area contributed by atoms with Gasteiger partial charge in [0.15, 0.2) is 0 Å².